The third-order valence-corrected chi connectivity index (χ3v) is 8.77. The quantitative estimate of drug-likeness (QED) is 0.0896. The fraction of sp³-hybridized carbons (Fsp3) is 0.325. The van der Waals surface area contributed by atoms with Gasteiger partial charge in [-0.25, -0.2) is 0 Å². The van der Waals surface area contributed by atoms with E-state index in [9.17, 15) is 9.90 Å². The molecule has 6 rings (SSSR count). The summed E-state index contributed by atoms with van der Waals surface area (Å²) in [6, 6.07) is 28.5. The number of hydrogen-bond acceptors (Lipinski definition) is 5. The Morgan fingerprint density at radius 2 is 1.46 bits per heavy atom. The molecule has 0 saturated carbocycles. The van der Waals surface area contributed by atoms with E-state index in [1.807, 2.05) is 52.0 Å². The molecule has 1 N–H and O–H groups in total. The van der Waals surface area contributed by atoms with E-state index < -0.39 is 0 Å². The van der Waals surface area contributed by atoms with Gasteiger partial charge in [-0.3, -0.25) is 9.78 Å². The normalized spacial score (nSPS) is 11.9. The minimum Gasteiger partial charge on any atom is -0.512 e. The van der Waals surface area contributed by atoms with Gasteiger partial charge in [0.15, 0.2) is 5.78 Å². The standard InChI is InChI=1S/C27H19N2O.C13H24O2.Ir/c1-16(2)26-28-24(20-12-11-17-7-3-4-9-19(17)15-20)23-22-14-13-18-8-5-6-10-21(18)25(22)30-27(23)29-26;1-5-10(6-2)12(14)9-13(15)11(7-3)8-4;/h3-11,13-16H,1-2H3;9-11,14H,5-8H2,1-4H3;/q-1;;/b;12-9-;. The van der Waals surface area contributed by atoms with Crippen molar-refractivity contribution in [2.75, 3.05) is 0 Å². The molecule has 5 nitrogen and oxygen atoms in total. The SMILES string of the molecule is CC(C)c1nc(-c2[c-]cc3ccccc3c2)c2c(n1)oc1c3ccccc3ccc12.CCC(CC)C(=O)/C=C(\O)C(CC)CC.[Ir]. The molecule has 0 spiro atoms. The number of aliphatic hydroxyl groups excluding tert-OH is 1. The number of aliphatic hydroxyl groups is 1. The first-order valence-corrected chi connectivity index (χ1v) is 16.3. The number of rotatable bonds is 9. The fourth-order valence-electron chi connectivity index (χ4n) is 5.92. The summed E-state index contributed by atoms with van der Waals surface area (Å²) < 4.78 is 6.34. The van der Waals surface area contributed by atoms with Crippen molar-refractivity contribution >= 4 is 49.4 Å². The van der Waals surface area contributed by atoms with Crippen molar-refractivity contribution < 1.29 is 34.4 Å². The number of nitrogens with zero attached hydrogens (tertiary/aromatic N) is 2. The fourth-order valence-corrected chi connectivity index (χ4v) is 5.92. The van der Waals surface area contributed by atoms with E-state index in [0.29, 0.717) is 5.71 Å². The number of furan rings is 1. The Bertz CT molecular complexity index is 1980. The molecule has 6 aromatic rings. The van der Waals surface area contributed by atoms with Gasteiger partial charge in [0.1, 0.15) is 11.4 Å². The molecule has 46 heavy (non-hydrogen) atoms. The van der Waals surface area contributed by atoms with Gasteiger partial charge in [-0.15, -0.1) is 29.1 Å². The second-order valence-corrected chi connectivity index (χ2v) is 12.0. The van der Waals surface area contributed by atoms with Gasteiger partial charge in [0.05, 0.1) is 5.76 Å². The topological polar surface area (TPSA) is 76.2 Å². The zero-order valence-electron chi connectivity index (χ0n) is 27.6. The average molecular weight is 792 g/mol. The Hall–Kier alpha value is -3.86. The molecule has 6 heteroatoms. The van der Waals surface area contributed by atoms with Gasteiger partial charge in [-0.05, 0) is 31.1 Å². The second kappa shape index (κ2) is 15.6. The summed E-state index contributed by atoms with van der Waals surface area (Å²) in [7, 11) is 0. The van der Waals surface area contributed by atoms with E-state index in [1.54, 1.807) is 0 Å². The molecule has 0 fully saturated rings. The monoisotopic (exact) mass is 792 g/mol. The first-order chi connectivity index (χ1) is 21.8. The molecule has 0 bridgehead atoms. The van der Waals surface area contributed by atoms with E-state index >= 15 is 0 Å². The van der Waals surface area contributed by atoms with E-state index in [2.05, 4.69) is 68.4 Å². The molecule has 0 saturated heterocycles. The summed E-state index contributed by atoms with van der Waals surface area (Å²) >= 11 is 0. The van der Waals surface area contributed by atoms with Crippen LogP contribution in [-0.4, -0.2) is 20.9 Å². The van der Waals surface area contributed by atoms with E-state index in [0.717, 1.165) is 69.9 Å². The number of carbonyl (C=O) groups excluding carboxylic acids is 1. The van der Waals surface area contributed by atoms with Crippen LogP contribution in [0.5, 0.6) is 0 Å². The van der Waals surface area contributed by atoms with Gasteiger partial charge in [0.25, 0.3) is 0 Å². The summed E-state index contributed by atoms with van der Waals surface area (Å²) in [4.78, 5) is 21.5. The molecule has 0 aliphatic carbocycles. The molecule has 0 aliphatic rings. The number of benzene rings is 4. The summed E-state index contributed by atoms with van der Waals surface area (Å²) in [6.07, 6.45) is 4.91. The van der Waals surface area contributed by atoms with Crippen LogP contribution in [0, 0.1) is 17.9 Å². The maximum Gasteiger partial charge on any atom is 0.221 e. The second-order valence-electron chi connectivity index (χ2n) is 12.0. The van der Waals surface area contributed by atoms with Crippen LogP contribution >= 0.6 is 0 Å². The number of aromatic nitrogens is 2. The van der Waals surface area contributed by atoms with Crippen molar-refractivity contribution in [2.45, 2.75) is 73.1 Å². The molecular formula is C40H43IrN2O3-. The van der Waals surface area contributed by atoms with Crippen LogP contribution < -0.4 is 0 Å². The third-order valence-electron chi connectivity index (χ3n) is 8.77. The zero-order chi connectivity index (χ0) is 32.1. The van der Waals surface area contributed by atoms with Crippen molar-refractivity contribution in [3.05, 3.63) is 96.5 Å². The molecule has 1 radical (unpaired) electrons. The van der Waals surface area contributed by atoms with Crippen molar-refractivity contribution in [1.82, 2.24) is 9.97 Å². The Balaban J connectivity index is 0.000000259. The maximum atomic E-state index is 11.7. The first-order valence-electron chi connectivity index (χ1n) is 16.3. The number of allylic oxidation sites excluding steroid dienone is 2. The molecule has 2 heterocycles. The number of fused-ring (bicyclic) bond motifs is 6. The molecule has 0 amide bonds. The van der Waals surface area contributed by atoms with Crippen LogP contribution in [0.1, 0.15) is 79.0 Å². The van der Waals surface area contributed by atoms with Gasteiger partial charge in [0.2, 0.25) is 5.71 Å². The smallest absolute Gasteiger partial charge is 0.221 e. The Labute approximate surface area is 285 Å². The van der Waals surface area contributed by atoms with Crippen molar-refractivity contribution in [3.63, 3.8) is 0 Å². The van der Waals surface area contributed by atoms with E-state index in [4.69, 9.17) is 14.4 Å². The number of hydrogen-bond donors (Lipinski definition) is 1. The molecule has 0 unspecified atom stereocenters. The largest absolute Gasteiger partial charge is 0.512 e. The van der Waals surface area contributed by atoms with Crippen LogP contribution in [0.25, 0.3) is 54.9 Å². The van der Waals surface area contributed by atoms with Gasteiger partial charge in [-0.2, -0.15) is 4.98 Å². The van der Waals surface area contributed by atoms with Crippen molar-refractivity contribution in [3.8, 4) is 11.3 Å². The summed E-state index contributed by atoms with van der Waals surface area (Å²) in [5, 5.41) is 16.3. The Morgan fingerprint density at radius 3 is 2.11 bits per heavy atom. The molecule has 2 aromatic heterocycles. The summed E-state index contributed by atoms with van der Waals surface area (Å²) in [5.41, 5.74) is 3.33. The Morgan fingerprint density at radius 1 is 0.826 bits per heavy atom. The van der Waals surface area contributed by atoms with Gasteiger partial charge < -0.3 is 9.52 Å². The minimum atomic E-state index is 0. The molecular weight excluding hydrogens is 749 g/mol. The molecule has 0 aliphatic heterocycles. The van der Waals surface area contributed by atoms with E-state index in [-0.39, 0.29) is 49.4 Å². The Kier molecular flexibility index (Phi) is 11.9. The zero-order valence-corrected chi connectivity index (χ0v) is 30.0. The third kappa shape index (κ3) is 7.24. The predicted octanol–water partition coefficient (Wildman–Crippen LogP) is 11.1. The van der Waals surface area contributed by atoms with Gasteiger partial charge in [-0.1, -0.05) is 108 Å². The van der Waals surface area contributed by atoms with Crippen LogP contribution in [0.2, 0.25) is 0 Å². The predicted molar refractivity (Wildman–Crippen MR) is 187 cm³/mol. The minimum absolute atomic E-state index is 0. The summed E-state index contributed by atoms with van der Waals surface area (Å²) in [6.45, 7) is 12.3. The van der Waals surface area contributed by atoms with Crippen molar-refractivity contribution in [2.24, 2.45) is 11.8 Å². The average Bonchev–Trinajstić information content (AvgIpc) is 3.45. The van der Waals surface area contributed by atoms with Gasteiger partial charge in [0, 0.05) is 65.8 Å². The molecule has 241 valence electrons. The van der Waals surface area contributed by atoms with Crippen LogP contribution in [-0.2, 0) is 24.9 Å². The molecule has 4 aromatic carbocycles. The van der Waals surface area contributed by atoms with Gasteiger partial charge >= 0.3 is 0 Å². The molecule has 0 atom stereocenters. The van der Waals surface area contributed by atoms with Crippen LogP contribution in [0.3, 0.4) is 0 Å². The maximum absolute atomic E-state index is 11.7. The van der Waals surface area contributed by atoms with E-state index in [1.165, 1.54) is 16.8 Å². The first kappa shape index (κ1) is 35.0. The van der Waals surface area contributed by atoms with Crippen LogP contribution in [0.4, 0.5) is 0 Å². The van der Waals surface area contributed by atoms with Crippen molar-refractivity contribution in [1.29, 1.82) is 0 Å². The van der Waals surface area contributed by atoms with Crippen LogP contribution in [0.15, 0.2) is 89.0 Å². The summed E-state index contributed by atoms with van der Waals surface area (Å²) in [5.74, 6) is 1.52. The number of ketones is 1. The number of carbonyl (C=O) groups is 1.